The number of anilines is 1. The summed E-state index contributed by atoms with van der Waals surface area (Å²) in [4.78, 5) is 26.7. The fraction of sp³-hybridized carbons (Fsp3) is 0.500. The Morgan fingerprint density at radius 3 is 2.86 bits per heavy atom. The van der Waals surface area contributed by atoms with Gasteiger partial charge in [-0.1, -0.05) is 17.7 Å². The molecular formula is C16H21N3O2. The number of urea groups is 1. The molecule has 3 amide bonds. The van der Waals surface area contributed by atoms with Crippen LogP contribution in [0.1, 0.15) is 24.0 Å². The van der Waals surface area contributed by atoms with Gasteiger partial charge in [-0.15, -0.1) is 0 Å². The minimum absolute atomic E-state index is 0.116. The Labute approximate surface area is 124 Å². The van der Waals surface area contributed by atoms with Crippen LogP contribution in [0.5, 0.6) is 0 Å². The molecule has 1 N–H and O–H groups in total. The highest BCUT2D eigenvalue weighted by Gasteiger charge is 2.28. The molecule has 2 heterocycles. The average molecular weight is 287 g/mol. The Hall–Kier alpha value is -2.04. The van der Waals surface area contributed by atoms with Gasteiger partial charge in [0.15, 0.2) is 0 Å². The maximum absolute atomic E-state index is 11.5. The molecule has 21 heavy (non-hydrogen) atoms. The first kappa shape index (κ1) is 13.9. The Balaban J connectivity index is 1.60. The molecule has 1 aromatic carbocycles. The van der Waals surface area contributed by atoms with Crippen LogP contribution in [0.4, 0.5) is 10.5 Å². The molecule has 0 aromatic heterocycles. The summed E-state index contributed by atoms with van der Waals surface area (Å²) in [6.45, 7) is 4.70. The number of carbonyl (C=O) groups is 2. The summed E-state index contributed by atoms with van der Waals surface area (Å²) in [5, 5.41) is 2.55. The molecule has 1 fully saturated rings. The smallest absolute Gasteiger partial charge is 0.324 e. The monoisotopic (exact) mass is 287 g/mol. The first-order chi connectivity index (χ1) is 10.1. The SMILES string of the molecule is Cc1ccc2c(c1)CCCN2CCCN1C(=O)CNC1=O. The van der Waals surface area contributed by atoms with Gasteiger partial charge in [-0.2, -0.15) is 0 Å². The number of carbonyl (C=O) groups excluding carboxylic acids is 2. The third-order valence-corrected chi connectivity index (χ3v) is 4.20. The predicted molar refractivity (Wildman–Crippen MR) is 81.4 cm³/mol. The highest BCUT2D eigenvalue weighted by molar-refractivity contribution is 6.01. The first-order valence-electron chi connectivity index (χ1n) is 7.58. The van der Waals surface area contributed by atoms with E-state index in [0.717, 1.165) is 25.9 Å². The van der Waals surface area contributed by atoms with Crippen LogP contribution in [0, 0.1) is 6.92 Å². The van der Waals surface area contributed by atoms with E-state index in [1.807, 2.05) is 0 Å². The number of nitrogens with one attached hydrogen (secondary N) is 1. The van der Waals surface area contributed by atoms with Crippen molar-refractivity contribution < 1.29 is 9.59 Å². The van der Waals surface area contributed by atoms with Crippen molar-refractivity contribution in [3.63, 3.8) is 0 Å². The standard InChI is InChI=1S/C16H21N3O2/c1-12-5-6-14-13(10-12)4-2-7-18(14)8-3-9-19-15(20)11-17-16(19)21/h5-6,10H,2-4,7-9,11H2,1H3,(H,17,21). The molecule has 5 heteroatoms. The van der Waals surface area contributed by atoms with E-state index in [9.17, 15) is 9.59 Å². The van der Waals surface area contributed by atoms with Crippen LogP contribution in [0.15, 0.2) is 18.2 Å². The molecule has 0 atom stereocenters. The number of benzene rings is 1. The molecule has 5 nitrogen and oxygen atoms in total. The van der Waals surface area contributed by atoms with Crippen molar-refractivity contribution in [2.24, 2.45) is 0 Å². The summed E-state index contributed by atoms with van der Waals surface area (Å²) in [7, 11) is 0. The van der Waals surface area contributed by atoms with Gasteiger partial charge in [-0.05, 0) is 37.8 Å². The van der Waals surface area contributed by atoms with Crippen molar-refractivity contribution in [3.05, 3.63) is 29.3 Å². The number of aryl methyl sites for hydroxylation is 2. The Morgan fingerprint density at radius 2 is 2.10 bits per heavy atom. The summed E-state index contributed by atoms with van der Waals surface area (Å²) in [6.07, 6.45) is 3.12. The van der Waals surface area contributed by atoms with Gasteiger partial charge in [0.2, 0.25) is 5.91 Å². The van der Waals surface area contributed by atoms with E-state index in [-0.39, 0.29) is 18.5 Å². The van der Waals surface area contributed by atoms with Crippen molar-refractivity contribution in [2.75, 3.05) is 31.1 Å². The van der Waals surface area contributed by atoms with E-state index in [4.69, 9.17) is 0 Å². The minimum atomic E-state index is -0.255. The minimum Gasteiger partial charge on any atom is -0.371 e. The second-order valence-electron chi connectivity index (χ2n) is 5.78. The van der Waals surface area contributed by atoms with Crippen LogP contribution in [0.3, 0.4) is 0 Å². The van der Waals surface area contributed by atoms with Crippen molar-refractivity contribution in [2.45, 2.75) is 26.2 Å². The summed E-state index contributed by atoms with van der Waals surface area (Å²) in [6, 6.07) is 6.35. The topological polar surface area (TPSA) is 52.6 Å². The van der Waals surface area contributed by atoms with Gasteiger partial charge in [-0.3, -0.25) is 9.69 Å². The molecule has 1 saturated heterocycles. The molecule has 3 rings (SSSR count). The van der Waals surface area contributed by atoms with E-state index in [2.05, 4.69) is 35.3 Å². The number of nitrogens with zero attached hydrogens (tertiary/aromatic N) is 2. The van der Waals surface area contributed by atoms with Gasteiger partial charge >= 0.3 is 6.03 Å². The van der Waals surface area contributed by atoms with Gasteiger partial charge in [0.1, 0.15) is 0 Å². The van der Waals surface area contributed by atoms with Crippen LogP contribution in [-0.2, 0) is 11.2 Å². The van der Waals surface area contributed by atoms with Gasteiger partial charge in [0.05, 0.1) is 6.54 Å². The van der Waals surface area contributed by atoms with E-state index in [1.165, 1.54) is 28.1 Å². The number of hydrogen-bond donors (Lipinski definition) is 1. The molecule has 0 unspecified atom stereocenters. The second-order valence-corrected chi connectivity index (χ2v) is 5.78. The lowest BCUT2D eigenvalue weighted by atomic mass is 9.99. The molecule has 2 aliphatic rings. The first-order valence-corrected chi connectivity index (χ1v) is 7.58. The highest BCUT2D eigenvalue weighted by Crippen LogP contribution is 2.27. The van der Waals surface area contributed by atoms with E-state index in [0.29, 0.717) is 6.54 Å². The van der Waals surface area contributed by atoms with Crippen LogP contribution < -0.4 is 10.2 Å². The number of rotatable bonds is 4. The molecule has 0 aliphatic carbocycles. The predicted octanol–water partition coefficient (Wildman–Crippen LogP) is 1.69. The molecule has 1 aromatic rings. The maximum atomic E-state index is 11.5. The van der Waals surface area contributed by atoms with E-state index < -0.39 is 0 Å². The van der Waals surface area contributed by atoms with Gasteiger partial charge in [0.25, 0.3) is 0 Å². The third-order valence-electron chi connectivity index (χ3n) is 4.20. The van der Waals surface area contributed by atoms with Crippen LogP contribution in [-0.4, -0.2) is 43.0 Å². The normalized spacial score (nSPS) is 18.0. The third kappa shape index (κ3) is 2.86. The summed E-state index contributed by atoms with van der Waals surface area (Å²) in [5.74, 6) is -0.116. The molecular weight excluding hydrogens is 266 g/mol. The quantitative estimate of drug-likeness (QED) is 0.857. The van der Waals surface area contributed by atoms with Gasteiger partial charge in [0, 0.05) is 25.3 Å². The van der Waals surface area contributed by atoms with Crippen molar-refractivity contribution in [3.8, 4) is 0 Å². The van der Waals surface area contributed by atoms with Gasteiger partial charge < -0.3 is 10.2 Å². The summed E-state index contributed by atoms with van der Waals surface area (Å²) in [5.41, 5.74) is 4.02. The number of imide groups is 1. The number of fused-ring (bicyclic) bond motifs is 1. The van der Waals surface area contributed by atoms with Crippen LogP contribution in [0.25, 0.3) is 0 Å². The van der Waals surface area contributed by atoms with E-state index in [1.54, 1.807) is 0 Å². The average Bonchev–Trinajstić information content (AvgIpc) is 2.78. The van der Waals surface area contributed by atoms with Crippen molar-refractivity contribution in [1.82, 2.24) is 10.2 Å². The lowest BCUT2D eigenvalue weighted by Gasteiger charge is -2.32. The number of amides is 3. The van der Waals surface area contributed by atoms with Crippen LogP contribution >= 0.6 is 0 Å². The molecule has 0 spiro atoms. The summed E-state index contributed by atoms with van der Waals surface area (Å²) < 4.78 is 0. The van der Waals surface area contributed by atoms with Gasteiger partial charge in [-0.25, -0.2) is 4.79 Å². The fourth-order valence-electron chi connectivity index (χ4n) is 3.14. The number of hydrogen-bond acceptors (Lipinski definition) is 3. The Morgan fingerprint density at radius 1 is 1.24 bits per heavy atom. The largest absolute Gasteiger partial charge is 0.371 e. The zero-order valence-electron chi connectivity index (χ0n) is 12.4. The molecule has 112 valence electrons. The lowest BCUT2D eigenvalue weighted by Crippen LogP contribution is -2.36. The zero-order chi connectivity index (χ0) is 14.8. The molecule has 0 saturated carbocycles. The molecule has 0 bridgehead atoms. The maximum Gasteiger partial charge on any atom is 0.324 e. The molecule has 2 aliphatic heterocycles. The lowest BCUT2D eigenvalue weighted by molar-refractivity contribution is -0.125. The van der Waals surface area contributed by atoms with Crippen molar-refractivity contribution in [1.29, 1.82) is 0 Å². The highest BCUT2D eigenvalue weighted by atomic mass is 16.2. The Kier molecular flexibility index (Phi) is 3.82. The zero-order valence-corrected chi connectivity index (χ0v) is 12.4. The second kappa shape index (κ2) is 5.76. The Bertz CT molecular complexity index is 555. The van der Waals surface area contributed by atoms with Crippen molar-refractivity contribution >= 4 is 17.6 Å². The summed E-state index contributed by atoms with van der Waals surface area (Å²) >= 11 is 0. The van der Waals surface area contributed by atoms with E-state index >= 15 is 0 Å². The molecule has 0 radical (unpaired) electrons. The fourth-order valence-corrected chi connectivity index (χ4v) is 3.14. The van der Waals surface area contributed by atoms with Crippen LogP contribution in [0.2, 0.25) is 0 Å².